The van der Waals surface area contributed by atoms with Gasteiger partial charge in [0.1, 0.15) is 0 Å². The second kappa shape index (κ2) is 11.0. The first-order chi connectivity index (χ1) is 15.6. The molecule has 0 aromatic heterocycles. The van der Waals surface area contributed by atoms with Crippen LogP contribution in [-0.4, -0.2) is 36.3 Å². The fourth-order valence-corrected chi connectivity index (χ4v) is 4.47. The standard InChI is InChI=1S/C23H31F3N4O3/c24-23(25,26)15-10-11-18(30-21(32)14-6-2-1-3-7-14)16(12-15)22(33)28-13-20(31)29-19-9-5-4-8-17(19)27/h10-12,14,17,19H,1-9,13,27H2,(H,28,33)(H,29,31)(H,30,32)/t17-,19+/m1/s1. The largest absolute Gasteiger partial charge is 0.416 e. The quantitative estimate of drug-likeness (QED) is 0.513. The number of hydrogen-bond donors (Lipinski definition) is 4. The molecule has 5 N–H and O–H groups in total. The molecule has 2 atom stereocenters. The van der Waals surface area contributed by atoms with Gasteiger partial charge in [-0.3, -0.25) is 14.4 Å². The van der Waals surface area contributed by atoms with Gasteiger partial charge in [-0.15, -0.1) is 0 Å². The number of benzene rings is 1. The van der Waals surface area contributed by atoms with Crippen molar-refractivity contribution in [3.63, 3.8) is 0 Å². The molecule has 2 aliphatic carbocycles. The van der Waals surface area contributed by atoms with Gasteiger partial charge < -0.3 is 21.7 Å². The van der Waals surface area contributed by atoms with Crippen LogP contribution in [0.15, 0.2) is 18.2 Å². The Morgan fingerprint density at radius 1 is 0.970 bits per heavy atom. The fourth-order valence-electron chi connectivity index (χ4n) is 4.47. The van der Waals surface area contributed by atoms with Gasteiger partial charge in [-0.25, -0.2) is 0 Å². The Bertz CT molecular complexity index is 869. The monoisotopic (exact) mass is 468 g/mol. The molecular formula is C23H31F3N4O3. The van der Waals surface area contributed by atoms with E-state index in [0.29, 0.717) is 18.9 Å². The molecule has 0 bridgehead atoms. The van der Waals surface area contributed by atoms with E-state index in [-0.39, 0.29) is 35.2 Å². The van der Waals surface area contributed by atoms with Gasteiger partial charge in [0, 0.05) is 18.0 Å². The number of hydrogen-bond acceptors (Lipinski definition) is 4. The molecule has 33 heavy (non-hydrogen) atoms. The van der Waals surface area contributed by atoms with Crippen molar-refractivity contribution >= 4 is 23.4 Å². The molecule has 2 saturated carbocycles. The highest BCUT2D eigenvalue weighted by molar-refractivity contribution is 6.05. The average Bonchev–Trinajstić information content (AvgIpc) is 2.79. The van der Waals surface area contributed by atoms with Gasteiger partial charge in [0.15, 0.2) is 0 Å². The van der Waals surface area contributed by atoms with Crippen LogP contribution in [0.1, 0.15) is 73.7 Å². The van der Waals surface area contributed by atoms with Gasteiger partial charge in [-0.2, -0.15) is 13.2 Å². The minimum atomic E-state index is -4.66. The van der Waals surface area contributed by atoms with E-state index >= 15 is 0 Å². The Morgan fingerprint density at radius 2 is 1.64 bits per heavy atom. The Kier molecular flexibility index (Phi) is 8.34. The van der Waals surface area contributed by atoms with Crippen molar-refractivity contribution in [2.24, 2.45) is 11.7 Å². The van der Waals surface area contributed by atoms with Crippen molar-refractivity contribution < 1.29 is 27.6 Å². The van der Waals surface area contributed by atoms with Crippen LogP contribution in [0.2, 0.25) is 0 Å². The third-order valence-electron chi connectivity index (χ3n) is 6.40. The number of nitrogens with one attached hydrogen (secondary N) is 3. The van der Waals surface area contributed by atoms with Crippen molar-refractivity contribution in [2.75, 3.05) is 11.9 Å². The average molecular weight is 469 g/mol. The Balaban J connectivity index is 1.69. The van der Waals surface area contributed by atoms with Gasteiger partial charge in [-0.05, 0) is 43.9 Å². The predicted molar refractivity (Wildman–Crippen MR) is 117 cm³/mol. The topological polar surface area (TPSA) is 113 Å². The van der Waals surface area contributed by atoms with Gasteiger partial charge in [0.05, 0.1) is 23.4 Å². The molecule has 182 valence electrons. The highest BCUT2D eigenvalue weighted by atomic mass is 19.4. The molecule has 1 aromatic rings. The summed E-state index contributed by atoms with van der Waals surface area (Å²) in [4.78, 5) is 37.6. The summed E-state index contributed by atoms with van der Waals surface area (Å²) >= 11 is 0. The number of carbonyl (C=O) groups excluding carboxylic acids is 3. The number of halogens is 3. The predicted octanol–water partition coefficient (Wildman–Crippen LogP) is 3.34. The Morgan fingerprint density at radius 3 is 2.30 bits per heavy atom. The summed E-state index contributed by atoms with van der Waals surface area (Å²) in [6.07, 6.45) is 3.11. The lowest BCUT2D eigenvalue weighted by atomic mass is 9.88. The number of nitrogens with two attached hydrogens (primary N) is 1. The summed E-state index contributed by atoms with van der Waals surface area (Å²) in [5.41, 5.74) is 4.65. The van der Waals surface area contributed by atoms with Gasteiger partial charge in [0.25, 0.3) is 5.91 Å². The first-order valence-electron chi connectivity index (χ1n) is 11.5. The minimum absolute atomic E-state index is 0.00853. The van der Waals surface area contributed by atoms with E-state index < -0.39 is 30.1 Å². The van der Waals surface area contributed by atoms with Crippen LogP contribution < -0.4 is 21.7 Å². The second-order valence-corrected chi connectivity index (χ2v) is 8.89. The summed E-state index contributed by atoms with van der Waals surface area (Å²) < 4.78 is 39.7. The summed E-state index contributed by atoms with van der Waals surface area (Å²) in [6, 6.07) is 2.25. The van der Waals surface area contributed by atoms with Crippen molar-refractivity contribution in [2.45, 2.75) is 76.0 Å². The maximum Gasteiger partial charge on any atom is 0.416 e. The van der Waals surface area contributed by atoms with Crippen LogP contribution >= 0.6 is 0 Å². The molecular weight excluding hydrogens is 437 g/mol. The number of alkyl halides is 3. The molecule has 0 heterocycles. The molecule has 1 aromatic carbocycles. The maximum absolute atomic E-state index is 13.2. The molecule has 3 amide bonds. The first-order valence-corrected chi connectivity index (χ1v) is 11.5. The number of carbonyl (C=O) groups is 3. The van der Waals surface area contributed by atoms with Gasteiger partial charge in [0.2, 0.25) is 11.8 Å². The Labute approximate surface area is 191 Å². The van der Waals surface area contributed by atoms with E-state index in [4.69, 9.17) is 5.73 Å². The van der Waals surface area contributed by atoms with Crippen LogP contribution in [0.4, 0.5) is 18.9 Å². The van der Waals surface area contributed by atoms with Crippen molar-refractivity contribution in [1.82, 2.24) is 10.6 Å². The molecule has 0 saturated heterocycles. The van der Waals surface area contributed by atoms with E-state index in [1.54, 1.807) is 0 Å². The minimum Gasteiger partial charge on any atom is -0.350 e. The van der Waals surface area contributed by atoms with E-state index in [0.717, 1.165) is 57.1 Å². The lowest BCUT2D eigenvalue weighted by Crippen LogP contribution is -2.51. The normalized spacial score (nSPS) is 21.8. The molecule has 0 spiro atoms. The number of rotatable bonds is 6. The third-order valence-corrected chi connectivity index (χ3v) is 6.40. The molecule has 2 fully saturated rings. The molecule has 10 heteroatoms. The number of anilines is 1. The lowest BCUT2D eigenvalue weighted by molar-refractivity contribution is -0.137. The smallest absolute Gasteiger partial charge is 0.350 e. The lowest BCUT2D eigenvalue weighted by Gasteiger charge is -2.29. The van der Waals surface area contributed by atoms with Gasteiger partial charge in [-0.1, -0.05) is 32.1 Å². The summed E-state index contributed by atoms with van der Waals surface area (Å²) in [5.74, 6) is -1.89. The van der Waals surface area contributed by atoms with Crippen LogP contribution in [-0.2, 0) is 15.8 Å². The fraction of sp³-hybridized carbons (Fsp3) is 0.609. The molecule has 2 aliphatic rings. The number of amides is 3. The summed E-state index contributed by atoms with van der Waals surface area (Å²) in [6.45, 7) is -0.408. The van der Waals surface area contributed by atoms with Crippen molar-refractivity contribution in [1.29, 1.82) is 0 Å². The first kappa shape index (κ1) is 25.0. The van der Waals surface area contributed by atoms with E-state index in [2.05, 4.69) is 16.0 Å². The highest BCUT2D eigenvalue weighted by Gasteiger charge is 2.32. The Hall–Kier alpha value is -2.62. The van der Waals surface area contributed by atoms with Crippen LogP contribution in [0.3, 0.4) is 0 Å². The molecule has 0 unspecified atom stereocenters. The van der Waals surface area contributed by atoms with Crippen molar-refractivity contribution in [3.05, 3.63) is 29.3 Å². The summed E-state index contributed by atoms with van der Waals surface area (Å²) in [5, 5.41) is 7.75. The molecule has 0 radical (unpaired) electrons. The van der Waals surface area contributed by atoms with Crippen molar-refractivity contribution in [3.8, 4) is 0 Å². The molecule has 0 aliphatic heterocycles. The maximum atomic E-state index is 13.2. The highest BCUT2D eigenvalue weighted by Crippen LogP contribution is 2.32. The molecule has 3 rings (SSSR count). The van der Waals surface area contributed by atoms with Gasteiger partial charge >= 0.3 is 6.18 Å². The zero-order valence-corrected chi connectivity index (χ0v) is 18.5. The third kappa shape index (κ3) is 6.93. The van der Waals surface area contributed by atoms with E-state index in [1.165, 1.54) is 0 Å². The van der Waals surface area contributed by atoms with E-state index in [9.17, 15) is 27.6 Å². The van der Waals surface area contributed by atoms with E-state index in [1.807, 2.05) is 0 Å². The summed E-state index contributed by atoms with van der Waals surface area (Å²) in [7, 11) is 0. The zero-order chi connectivity index (χ0) is 24.0. The van der Waals surface area contributed by atoms with Crippen LogP contribution in [0.5, 0.6) is 0 Å². The molecule has 7 nitrogen and oxygen atoms in total. The second-order valence-electron chi connectivity index (χ2n) is 8.89. The SMILES string of the molecule is N[C@@H]1CCCC[C@@H]1NC(=O)CNC(=O)c1cc(C(F)(F)F)ccc1NC(=O)C1CCCCC1. The van der Waals surface area contributed by atoms with Crippen LogP contribution in [0.25, 0.3) is 0 Å². The van der Waals surface area contributed by atoms with Crippen LogP contribution in [0, 0.1) is 5.92 Å². The zero-order valence-electron chi connectivity index (χ0n) is 18.5.